The number of aryl methyl sites for hydroxylation is 2. The van der Waals surface area contributed by atoms with Crippen LogP contribution in [0.1, 0.15) is 29.9 Å². The average molecular weight is 376 g/mol. The topological polar surface area (TPSA) is 55.9 Å². The summed E-state index contributed by atoms with van der Waals surface area (Å²) in [7, 11) is 0. The Labute approximate surface area is 136 Å². The Kier molecular flexibility index (Phi) is 5.37. The van der Waals surface area contributed by atoms with E-state index in [0.29, 0.717) is 11.4 Å². The molecule has 2 aromatic rings. The van der Waals surface area contributed by atoms with Crippen LogP contribution in [0.3, 0.4) is 0 Å². The fraction of sp³-hybridized carbons (Fsp3) is 0.357. The van der Waals surface area contributed by atoms with E-state index in [1.54, 1.807) is 6.07 Å². The smallest absolute Gasteiger partial charge is 0.124 e. The van der Waals surface area contributed by atoms with E-state index in [2.05, 4.69) is 26.5 Å². The van der Waals surface area contributed by atoms with Gasteiger partial charge in [-0.2, -0.15) is 5.10 Å². The molecule has 1 heterocycles. The van der Waals surface area contributed by atoms with Crippen LogP contribution >= 0.6 is 27.5 Å². The molecule has 21 heavy (non-hydrogen) atoms. The SMILES string of the molecule is CCn1nc(C)c(Br)c1CC(NN)c1ccc(F)cc1Cl. The van der Waals surface area contributed by atoms with Gasteiger partial charge in [0.15, 0.2) is 0 Å². The number of nitrogens with zero attached hydrogens (tertiary/aromatic N) is 2. The number of nitrogens with one attached hydrogen (secondary N) is 1. The van der Waals surface area contributed by atoms with E-state index in [9.17, 15) is 4.39 Å². The molecular weight excluding hydrogens is 359 g/mol. The van der Waals surface area contributed by atoms with Crippen molar-refractivity contribution in [2.75, 3.05) is 0 Å². The molecule has 1 atom stereocenters. The molecule has 3 N–H and O–H groups in total. The molecule has 1 aromatic carbocycles. The summed E-state index contributed by atoms with van der Waals surface area (Å²) >= 11 is 9.68. The van der Waals surface area contributed by atoms with Crippen molar-refractivity contribution < 1.29 is 4.39 Å². The monoisotopic (exact) mass is 374 g/mol. The maximum Gasteiger partial charge on any atom is 0.124 e. The van der Waals surface area contributed by atoms with Crippen molar-refractivity contribution in [2.45, 2.75) is 32.9 Å². The number of nitrogens with two attached hydrogens (primary N) is 1. The molecule has 0 fully saturated rings. The zero-order chi connectivity index (χ0) is 15.6. The minimum Gasteiger partial charge on any atom is -0.271 e. The third kappa shape index (κ3) is 3.45. The summed E-state index contributed by atoms with van der Waals surface area (Å²) in [5.41, 5.74) is 5.45. The fourth-order valence-electron chi connectivity index (χ4n) is 2.30. The van der Waals surface area contributed by atoms with Crippen molar-refractivity contribution in [3.8, 4) is 0 Å². The van der Waals surface area contributed by atoms with Crippen LogP contribution in [0.25, 0.3) is 0 Å². The first-order chi connectivity index (χ1) is 9.97. The highest BCUT2D eigenvalue weighted by Gasteiger charge is 2.20. The van der Waals surface area contributed by atoms with Crippen LogP contribution in [-0.2, 0) is 13.0 Å². The summed E-state index contributed by atoms with van der Waals surface area (Å²) in [5.74, 6) is 5.30. The Morgan fingerprint density at radius 3 is 2.81 bits per heavy atom. The lowest BCUT2D eigenvalue weighted by Gasteiger charge is -2.18. The molecule has 0 aliphatic rings. The van der Waals surface area contributed by atoms with Gasteiger partial charge in [-0.1, -0.05) is 17.7 Å². The molecule has 114 valence electrons. The van der Waals surface area contributed by atoms with Crippen molar-refractivity contribution in [3.05, 3.63) is 50.5 Å². The van der Waals surface area contributed by atoms with Gasteiger partial charge in [-0.05, 0) is 47.5 Å². The molecule has 0 aliphatic heterocycles. The Bertz CT molecular complexity index is 644. The molecule has 1 aromatic heterocycles. The minimum atomic E-state index is -0.366. The van der Waals surface area contributed by atoms with Crippen molar-refractivity contribution in [1.29, 1.82) is 0 Å². The van der Waals surface area contributed by atoms with Crippen LogP contribution in [0.5, 0.6) is 0 Å². The van der Waals surface area contributed by atoms with Crippen LogP contribution in [-0.4, -0.2) is 9.78 Å². The predicted octanol–water partition coefficient (Wildman–Crippen LogP) is 3.51. The lowest BCUT2D eigenvalue weighted by atomic mass is 10.0. The van der Waals surface area contributed by atoms with E-state index in [1.807, 2.05) is 18.5 Å². The van der Waals surface area contributed by atoms with Gasteiger partial charge < -0.3 is 0 Å². The number of halogens is 3. The third-order valence-electron chi connectivity index (χ3n) is 3.39. The number of benzene rings is 1. The highest BCUT2D eigenvalue weighted by atomic mass is 79.9. The van der Waals surface area contributed by atoms with Crippen LogP contribution in [0.15, 0.2) is 22.7 Å². The summed E-state index contributed by atoms with van der Waals surface area (Å²) in [6.45, 7) is 4.73. The second-order valence-corrected chi connectivity index (χ2v) is 5.95. The van der Waals surface area contributed by atoms with Crippen molar-refractivity contribution in [1.82, 2.24) is 15.2 Å². The summed E-state index contributed by atoms with van der Waals surface area (Å²) in [6.07, 6.45) is 0.594. The van der Waals surface area contributed by atoms with Gasteiger partial charge in [-0.15, -0.1) is 0 Å². The predicted molar refractivity (Wildman–Crippen MR) is 85.5 cm³/mol. The van der Waals surface area contributed by atoms with E-state index in [4.69, 9.17) is 17.4 Å². The van der Waals surface area contributed by atoms with Gasteiger partial charge in [0, 0.05) is 18.0 Å². The molecular formula is C14H17BrClFN4. The normalized spacial score (nSPS) is 12.7. The highest BCUT2D eigenvalue weighted by Crippen LogP contribution is 2.29. The third-order valence-corrected chi connectivity index (χ3v) is 4.75. The molecule has 0 spiro atoms. The molecule has 2 rings (SSSR count). The van der Waals surface area contributed by atoms with Gasteiger partial charge in [0.25, 0.3) is 0 Å². The van der Waals surface area contributed by atoms with Gasteiger partial charge in [-0.25, -0.2) is 4.39 Å². The zero-order valence-electron chi connectivity index (χ0n) is 11.8. The Hall–Kier alpha value is -0.950. The van der Waals surface area contributed by atoms with Crippen LogP contribution in [0, 0.1) is 12.7 Å². The summed E-state index contributed by atoms with van der Waals surface area (Å²) in [5, 5.41) is 4.81. The number of hydrazine groups is 1. The molecule has 0 saturated heterocycles. The zero-order valence-corrected chi connectivity index (χ0v) is 14.2. The Morgan fingerprint density at radius 1 is 1.52 bits per heavy atom. The van der Waals surface area contributed by atoms with E-state index in [0.717, 1.165) is 28.0 Å². The first kappa shape index (κ1) is 16.4. The van der Waals surface area contributed by atoms with Crippen LogP contribution in [0.2, 0.25) is 5.02 Å². The van der Waals surface area contributed by atoms with Crippen molar-refractivity contribution >= 4 is 27.5 Å². The Balaban J connectivity index is 2.35. The second kappa shape index (κ2) is 6.87. The average Bonchev–Trinajstić information content (AvgIpc) is 2.72. The fourth-order valence-corrected chi connectivity index (χ4v) is 3.04. The standard InChI is InChI=1S/C14H17BrClFN4/c1-3-21-13(14(15)8(2)20-21)7-12(19-18)10-5-4-9(17)6-11(10)16/h4-6,12,19H,3,7,18H2,1-2H3. The molecule has 4 nitrogen and oxygen atoms in total. The van der Waals surface area contributed by atoms with Crippen molar-refractivity contribution in [3.63, 3.8) is 0 Å². The summed E-state index contributed by atoms with van der Waals surface area (Å²) in [6, 6.07) is 4.09. The van der Waals surface area contributed by atoms with E-state index in [-0.39, 0.29) is 11.9 Å². The maximum atomic E-state index is 13.2. The van der Waals surface area contributed by atoms with Gasteiger partial charge in [0.05, 0.1) is 21.9 Å². The lowest BCUT2D eigenvalue weighted by Crippen LogP contribution is -2.30. The molecule has 0 aliphatic carbocycles. The number of aromatic nitrogens is 2. The molecule has 0 saturated carbocycles. The number of rotatable bonds is 5. The van der Waals surface area contributed by atoms with Crippen LogP contribution in [0.4, 0.5) is 4.39 Å². The number of hydrogen-bond donors (Lipinski definition) is 2. The Morgan fingerprint density at radius 2 is 2.24 bits per heavy atom. The largest absolute Gasteiger partial charge is 0.271 e. The number of hydrogen-bond acceptors (Lipinski definition) is 3. The molecule has 1 unspecified atom stereocenters. The first-order valence-corrected chi connectivity index (χ1v) is 7.77. The molecule has 7 heteroatoms. The molecule has 0 bridgehead atoms. The lowest BCUT2D eigenvalue weighted by molar-refractivity contribution is 0.515. The molecule has 0 radical (unpaired) electrons. The quantitative estimate of drug-likeness (QED) is 0.621. The first-order valence-electron chi connectivity index (χ1n) is 6.60. The van der Waals surface area contributed by atoms with E-state index in [1.165, 1.54) is 12.1 Å². The highest BCUT2D eigenvalue weighted by molar-refractivity contribution is 9.10. The summed E-state index contributed by atoms with van der Waals surface area (Å²) < 4.78 is 16.0. The minimum absolute atomic E-state index is 0.226. The van der Waals surface area contributed by atoms with Crippen LogP contribution < -0.4 is 11.3 Å². The van der Waals surface area contributed by atoms with Gasteiger partial charge in [0.1, 0.15) is 5.82 Å². The van der Waals surface area contributed by atoms with E-state index < -0.39 is 0 Å². The molecule has 0 amide bonds. The maximum absolute atomic E-state index is 13.2. The van der Waals surface area contributed by atoms with Gasteiger partial charge in [-0.3, -0.25) is 16.0 Å². The summed E-state index contributed by atoms with van der Waals surface area (Å²) in [4.78, 5) is 0. The van der Waals surface area contributed by atoms with Gasteiger partial charge in [0.2, 0.25) is 0 Å². The van der Waals surface area contributed by atoms with Crippen molar-refractivity contribution in [2.24, 2.45) is 5.84 Å². The van der Waals surface area contributed by atoms with E-state index >= 15 is 0 Å². The second-order valence-electron chi connectivity index (χ2n) is 4.75. The van der Waals surface area contributed by atoms with Gasteiger partial charge >= 0.3 is 0 Å².